The fraction of sp³-hybridized carbons (Fsp3) is 0.929. The van der Waals surface area contributed by atoms with Crippen molar-refractivity contribution in [2.24, 2.45) is 5.92 Å². The third-order valence-electron chi connectivity index (χ3n) is 4.35. The molecule has 0 radical (unpaired) electrons. The normalized spacial score (nSPS) is 25.1. The summed E-state index contributed by atoms with van der Waals surface area (Å²) in [6, 6.07) is 0. The van der Waals surface area contributed by atoms with Crippen molar-refractivity contribution in [3.05, 3.63) is 0 Å². The smallest absolute Gasteiger partial charge is 0.220 e. The quantitative estimate of drug-likeness (QED) is 0.783. The molecule has 0 unspecified atom stereocenters. The lowest BCUT2D eigenvalue weighted by Gasteiger charge is -2.31. The van der Waals surface area contributed by atoms with Gasteiger partial charge in [-0.25, -0.2) is 8.42 Å². The Labute approximate surface area is 127 Å². The molecule has 2 rings (SSSR count). The van der Waals surface area contributed by atoms with E-state index in [1.807, 2.05) is 0 Å². The predicted octanol–water partition coefficient (Wildman–Crippen LogP) is 0.733. The average Bonchev–Trinajstić information content (AvgIpc) is 2.95. The molecule has 21 heavy (non-hydrogen) atoms. The Morgan fingerprint density at radius 3 is 2.71 bits per heavy atom. The Hall–Kier alpha value is -0.660. The van der Waals surface area contributed by atoms with Gasteiger partial charge in [-0.1, -0.05) is 25.7 Å². The molecule has 122 valence electrons. The second kappa shape index (κ2) is 7.56. The number of nitrogens with zero attached hydrogens (tertiary/aromatic N) is 1. The lowest BCUT2D eigenvalue weighted by atomic mass is 10.0. The Morgan fingerprint density at radius 1 is 1.33 bits per heavy atom. The molecule has 2 aliphatic rings. The monoisotopic (exact) mass is 318 g/mol. The van der Waals surface area contributed by atoms with Crippen molar-refractivity contribution in [3.8, 4) is 0 Å². The number of hydrogen-bond acceptors (Lipinski definition) is 4. The van der Waals surface area contributed by atoms with Crippen LogP contribution in [0, 0.1) is 5.92 Å². The molecule has 6 nitrogen and oxygen atoms in total. The minimum absolute atomic E-state index is 0.0435. The zero-order valence-corrected chi connectivity index (χ0v) is 13.5. The Kier molecular flexibility index (Phi) is 6.01. The predicted molar refractivity (Wildman–Crippen MR) is 80.4 cm³/mol. The summed E-state index contributed by atoms with van der Waals surface area (Å²) in [5, 5.41) is 2.86. The summed E-state index contributed by atoms with van der Waals surface area (Å²) >= 11 is 0. The molecule has 0 aromatic heterocycles. The molecule has 1 atom stereocenters. The van der Waals surface area contributed by atoms with Crippen molar-refractivity contribution in [1.29, 1.82) is 0 Å². The zero-order chi connectivity index (χ0) is 15.3. The molecule has 1 saturated carbocycles. The first-order chi connectivity index (χ1) is 9.95. The van der Waals surface area contributed by atoms with Gasteiger partial charge in [0.1, 0.15) is 0 Å². The number of rotatable bonds is 6. The molecule has 1 aliphatic heterocycles. The highest BCUT2D eigenvalue weighted by Gasteiger charge is 2.26. The molecule has 1 N–H and O–H groups in total. The topological polar surface area (TPSA) is 75.7 Å². The van der Waals surface area contributed by atoms with Gasteiger partial charge in [0.05, 0.1) is 19.0 Å². The van der Waals surface area contributed by atoms with Crippen LogP contribution in [-0.4, -0.2) is 57.2 Å². The zero-order valence-electron chi connectivity index (χ0n) is 12.7. The third kappa shape index (κ3) is 5.56. The first-order valence-electron chi connectivity index (χ1n) is 7.78. The second-order valence-electron chi connectivity index (χ2n) is 6.11. The fourth-order valence-electron chi connectivity index (χ4n) is 3.07. The van der Waals surface area contributed by atoms with Crippen LogP contribution in [0.3, 0.4) is 0 Å². The molecule has 7 heteroatoms. The molecule has 2 fully saturated rings. The van der Waals surface area contributed by atoms with Gasteiger partial charge in [-0.3, -0.25) is 4.79 Å². The minimum atomic E-state index is -3.18. The molecular weight excluding hydrogens is 292 g/mol. The van der Waals surface area contributed by atoms with Crippen LogP contribution < -0.4 is 5.32 Å². The maximum Gasteiger partial charge on any atom is 0.220 e. The lowest BCUT2D eigenvalue weighted by molar-refractivity contribution is -0.122. The van der Waals surface area contributed by atoms with Crippen molar-refractivity contribution in [3.63, 3.8) is 0 Å². The van der Waals surface area contributed by atoms with E-state index in [9.17, 15) is 13.2 Å². The number of nitrogens with one attached hydrogen (secondary N) is 1. The molecule has 0 aromatic rings. The molecule has 0 spiro atoms. The van der Waals surface area contributed by atoms with Crippen molar-refractivity contribution < 1.29 is 17.9 Å². The number of sulfonamides is 1. The Morgan fingerprint density at radius 2 is 2.05 bits per heavy atom. The lowest BCUT2D eigenvalue weighted by Crippen LogP contribution is -2.49. The van der Waals surface area contributed by atoms with Crippen LogP contribution in [0.15, 0.2) is 0 Å². The van der Waals surface area contributed by atoms with E-state index < -0.39 is 10.0 Å². The highest BCUT2D eigenvalue weighted by molar-refractivity contribution is 7.88. The van der Waals surface area contributed by atoms with Crippen LogP contribution in [0.25, 0.3) is 0 Å². The van der Waals surface area contributed by atoms with Gasteiger partial charge < -0.3 is 10.1 Å². The number of hydrogen-bond donors (Lipinski definition) is 1. The average molecular weight is 318 g/mol. The summed E-state index contributed by atoms with van der Waals surface area (Å²) < 4.78 is 29.9. The van der Waals surface area contributed by atoms with Gasteiger partial charge in [-0.15, -0.1) is 0 Å². The third-order valence-corrected chi connectivity index (χ3v) is 5.62. The summed E-state index contributed by atoms with van der Waals surface area (Å²) in [6.45, 7) is 1.48. The van der Waals surface area contributed by atoms with E-state index in [1.54, 1.807) is 0 Å². The van der Waals surface area contributed by atoms with E-state index in [0.717, 1.165) is 6.42 Å². The number of carbonyl (C=O) groups excluding carboxylic acids is 1. The summed E-state index contributed by atoms with van der Waals surface area (Å²) in [6.07, 6.45) is 7.58. The van der Waals surface area contributed by atoms with Gasteiger partial charge in [0.2, 0.25) is 15.9 Å². The van der Waals surface area contributed by atoms with Crippen LogP contribution in [0.1, 0.15) is 38.5 Å². The highest BCUT2D eigenvalue weighted by Crippen LogP contribution is 2.28. The van der Waals surface area contributed by atoms with Crippen LogP contribution >= 0.6 is 0 Å². The van der Waals surface area contributed by atoms with E-state index in [-0.39, 0.29) is 12.0 Å². The van der Waals surface area contributed by atoms with Gasteiger partial charge in [0.25, 0.3) is 0 Å². The van der Waals surface area contributed by atoms with E-state index in [4.69, 9.17) is 4.74 Å². The number of amides is 1. The van der Waals surface area contributed by atoms with E-state index in [1.165, 1.54) is 36.2 Å². The van der Waals surface area contributed by atoms with E-state index in [0.29, 0.717) is 38.6 Å². The van der Waals surface area contributed by atoms with Crippen LogP contribution in [0.4, 0.5) is 0 Å². The minimum Gasteiger partial charge on any atom is -0.374 e. The maximum atomic E-state index is 11.8. The number of morpholine rings is 1. The van der Waals surface area contributed by atoms with E-state index in [2.05, 4.69) is 5.32 Å². The summed E-state index contributed by atoms with van der Waals surface area (Å²) in [4.78, 5) is 11.8. The van der Waals surface area contributed by atoms with E-state index >= 15 is 0 Å². The second-order valence-corrected chi connectivity index (χ2v) is 8.09. The molecule has 0 aromatic carbocycles. The van der Waals surface area contributed by atoms with Crippen LogP contribution in [0.2, 0.25) is 0 Å². The van der Waals surface area contributed by atoms with Gasteiger partial charge in [-0.2, -0.15) is 4.31 Å². The van der Waals surface area contributed by atoms with Crippen LogP contribution in [-0.2, 0) is 19.6 Å². The number of ether oxygens (including phenoxy) is 1. The number of carbonyl (C=O) groups is 1. The van der Waals surface area contributed by atoms with Gasteiger partial charge in [-0.05, 0) is 12.3 Å². The summed E-state index contributed by atoms with van der Waals surface area (Å²) in [5.41, 5.74) is 0. The van der Waals surface area contributed by atoms with Crippen molar-refractivity contribution in [1.82, 2.24) is 9.62 Å². The van der Waals surface area contributed by atoms with Crippen molar-refractivity contribution >= 4 is 15.9 Å². The first-order valence-corrected chi connectivity index (χ1v) is 9.63. The fourth-order valence-corrected chi connectivity index (χ4v) is 3.91. The molecule has 0 bridgehead atoms. The Balaban J connectivity index is 1.66. The molecule has 1 saturated heterocycles. The van der Waals surface area contributed by atoms with Gasteiger partial charge in [0, 0.05) is 26.1 Å². The molecule has 1 amide bonds. The summed E-state index contributed by atoms with van der Waals surface area (Å²) in [5.74, 6) is 0.754. The SMILES string of the molecule is CS(=O)(=O)N1CCO[C@@H](CNC(=O)CCC2CCCC2)C1. The van der Waals surface area contributed by atoms with Crippen LogP contribution in [0.5, 0.6) is 0 Å². The van der Waals surface area contributed by atoms with Gasteiger partial charge >= 0.3 is 0 Å². The first kappa shape index (κ1) is 16.7. The standard InChI is InChI=1S/C14H26N2O4S/c1-21(18,19)16-8-9-20-13(11-16)10-15-14(17)7-6-12-4-2-3-5-12/h12-13H,2-11H2,1H3,(H,15,17)/t13-/m0/s1. The summed E-state index contributed by atoms with van der Waals surface area (Å²) in [7, 11) is -3.18. The Bertz CT molecular complexity index is 446. The largest absolute Gasteiger partial charge is 0.374 e. The molecule has 1 aliphatic carbocycles. The maximum absolute atomic E-state index is 11.8. The van der Waals surface area contributed by atoms with Gasteiger partial charge in [0.15, 0.2) is 0 Å². The molecular formula is C14H26N2O4S. The molecule has 1 heterocycles. The van der Waals surface area contributed by atoms with Crippen molar-refractivity contribution in [2.75, 3.05) is 32.5 Å². The van der Waals surface area contributed by atoms with Crippen molar-refractivity contribution in [2.45, 2.75) is 44.6 Å². The highest BCUT2D eigenvalue weighted by atomic mass is 32.2.